The van der Waals surface area contributed by atoms with Gasteiger partial charge in [0.15, 0.2) is 0 Å². The molecule has 0 atom stereocenters. The number of nitro groups is 1. The number of halogens is 2. The average Bonchev–Trinajstić information content (AvgIpc) is 2.28. The van der Waals surface area contributed by atoms with Crippen LogP contribution in [-0.2, 0) is 0 Å². The molecule has 0 saturated heterocycles. The van der Waals surface area contributed by atoms with Crippen molar-refractivity contribution in [2.45, 2.75) is 0 Å². The number of hydrogen-bond donors (Lipinski definition) is 0. The molecule has 0 aliphatic heterocycles. The summed E-state index contributed by atoms with van der Waals surface area (Å²) in [7, 11) is 0. The van der Waals surface area contributed by atoms with Gasteiger partial charge in [0, 0.05) is 17.2 Å². The van der Waals surface area contributed by atoms with Crippen molar-refractivity contribution < 1.29 is 9.31 Å². The Bertz CT molecular complexity index is 549. The lowest BCUT2D eigenvalue weighted by Gasteiger charge is -2.02. The van der Waals surface area contributed by atoms with Crippen molar-refractivity contribution in [1.29, 1.82) is 0 Å². The van der Waals surface area contributed by atoms with Crippen LogP contribution in [0.1, 0.15) is 0 Å². The van der Waals surface area contributed by atoms with E-state index in [1.807, 2.05) is 0 Å². The van der Waals surface area contributed by atoms with Crippen LogP contribution in [0.25, 0.3) is 11.1 Å². The second kappa shape index (κ2) is 4.51. The van der Waals surface area contributed by atoms with E-state index in [9.17, 15) is 14.5 Å². The second-order valence-electron chi connectivity index (χ2n) is 3.46. The van der Waals surface area contributed by atoms with Crippen LogP contribution in [0.2, 0.25) is 5.02 Å². The summed E-state index contributed by atoms with van der Waals surface area (Å²) in [6.45, 7) is 0. The highest BCUT2D eigenvalue weighted by Gasteiger charge is 2.06. The number of non-ortho nitro benzene ring substituents is 1. The molecule has 0 N–H and O–H groups in total. The Morgan fingerprint density at radius 3 is 2.24 bits per heavy atom. The summed E-state index contributed by atoms with van der Waals surface area (Å²) in [5.74, 6) is -0.439. The predicted octanol–water partition coefficient (Wildman–Crippen LogP) is 4.05. The molecule has 5 heteroatoms. The van der Waals surface area contributed by atoms with Crippen molar-refractivity contribution >= 4 is 17.3 Å². The van der Waals surface area contributed by atoms with Gasteiger partial charge in [0.1, 0.15) is 5.82 Å². The summed E-state index contributed by atoms with van der Waals surface area (Å²) < 4.78 is 13.1. The molecule has 17 heavy (non-hydrogen) atoms. The minimum Gasteiger partial charge on any atom is -0.258 e. The fourth-order valence-corrected chi connectivity index (χ4v) is 1.72. The SMILES string of the molecule is O=[N+]([O-])c1ccc(-c2cc(F)cc(Cl)c2)cc1. The van der Waals surface area contributed by atoms with Crippen LogP contribution in [0.15, 0.2) is 42.5 Å². The van der Waals surface area contributed by atoms with Crippen LogP contribution in [0.3, 0.4) is 0 Å². The van der Waals surface area contributed by atoms with E-state index in [4.69, 9.17) is 11.6 Å². The first-order chi connectivity index (χ1) is 8.06. The van der Waals surface area contributed by atoms with E-state index in [2.05, 4.69) is 0 Å². The first kappa shape index (κ1) is 11.5. The molecule has 3 nitrogen and oxygen atoms in total. The Labute approximate surface area is 102 Å². The molecule has 0 heterocycles. The van der Waals surface area contributed by atoms with Gasteiger partial charge in [-0.25, -0.2) is 4.39 Å². The topological polar surface area (TPSA) is 43.1 Å². The number of nitro benzene ring substituents is 1. The van der Waals surface area contributed by atoms with Gasteiger partial charge in [-0.3, -0.25) is 10.1 Å². The predicted molar refractivity (Wildman–Crippen MR) is 63.5 cm³/mol. The molecule has 0 aliphatic carbocycles. The molecule has 0 saturated carbocycles. The van der Waals surface area contributed by atoms with Crippen molar-refractivity contribution in [2.24, 2.45) is 0 Å². The number of rotatable bonds is 2. The Kier molecular flexibility index (Phi) is 3.06. The molecule has 0 spiro atoms. The largest absolute Gasteiger partial charge is 0.269 e. The number of nitrogens with zero attached hydrogens (tertiary/aromatic N) is 1. The zero-order chi connectivity index (χ0) is 12.4. The van der Waals surface area contributed by atoms with E-state index >= 15 is 0 Å². The van der Waals surface area contributed by atoms with Gasteiger partial charge in [-0.15, -0.1) is 0 Å². The fourth-order valence-electron chi connectivity index (χ4n) is 1.50. The summed E-state index contributed by atoms with van der Waals surface area (Å²) in [5, 5.41) is 10.8. The zero-order valence-electron chi connectivity index (χ0n) is 8.56. The molecule has 2 rings (SSSR count). The zero-order valence-corrected chi connectivity index (χ0v) is 9.32. The maximum atomic E-state index is 13.1. The Balaban J connectivity index is 2.43. The van der Waals surface area contributed by atoms with Gasteiger partial charge < -0.3 is 0 Å². The van der Waals surface area contributed by atoms with Crippen LogP contribution >= 0.6 is 11.6 Å². The highest BCUT2D eigenvalue weighted by Crippen LogP contribution is 2.25. The van der Waals surface area contributed by atoms with Gasteiger partial charge in [0.25, 0.3) is 5.69 Å². The highest BCUT2D eigenvalue weighted by molar-refractivity contribution is 6.30. The van der Waals surface area contributed by atoms with Gasteiger partial charge in [-0.05, 0) is 41.5 Å². The first-order valence-electron chi connectivity index (χ1n) is 4.77. The van der Waals surface area contributed by atoms with E-state index in [-0.39, 0.29) is 5.69 Å². The molecule has 86 valence electrons. The molecule has 0 bridgehead atoms. The van der Waals surface area contributed by atoms with Gasteiger partial charge in [0.05, 0.1) is 4.92 Å². The molecule has 2 aromatic carbocycles. The monoisotopic (exact) mass is 251 g/mol. The van der Waals surface area contributed by atoms with E-state index < -0.39 is 10.7 Å². The summed E-state index contributed by atoms with van der Waals surface area (Å²) in [4.78, 5) is 10.00. The van der Waals surface area contributed by atoms with Crippen LogP contribution in [-0.4, -0.2) is 4.92 Å². The average molecular weight is 252 g/mol. The summed E-state index contributed by atoms with van der Waals surface area (Å²) in [6, 6.07) is 9.99. The maximum absolute atomic E-state index is 13.1. The highest BCUT2D eigenvalue weighted by atomic mass is 35.5. The molecular formula is C12H7ClFNO2. The Hall–Kier alpha value is -1.94. The van der Waals surface area contributed by atoms with Gasteiger partial charge in [-0.1, -0.05) is 11.6 Å². The van der Waals surface area contributed by atoms with Crippen LogP contribution in [0.4, 0.5) is 10.1 Å². The van der Waals surface area contributed by atoms with Gasteiger partial charge in [0.2, 0.25) is 0 Å². The number of benzene rings is 2. The van der Waals surface area contributed by atoms with E-state index in [0.717, 1.165) is 0 Å². The molecule has 0 aromatic heterocycles. The van der Waals surface area contributed by atoms with Crippen molar-refractivity contribution in [3.05, 3.63) is 63.4 Å². The van der Waals surface area contributed by atoms with Gasteiger partial charge >= 0.3 is 0 Å². The maximum Gasteiger partial charge on any atom is 0.269 e. The molecule has 0 amide bonds. The third kappa shape index (κ3) is 2.60. The normalized spacial score (nSPS) is 10.2. The van der Waals surface area contributed by atoms with Crippen LogP contribution in [0.5, 0.6) is 0 Å². The summed E-state index contributed by atoms with van der Waals surface area (Å²) in [5.41, 5.74) is 1.26. The lowest BCUT2D eigenvalue weighted by molar-refractivity contribution is -0.384. The van der Waals surface area contributed by atoms with Crippen molar-refractivity contribution in [3.63, 3.8) is 0 Å². The Morgan fingerprint density at radius 1 is 1.06 bits per heavy atom. The van der Waals surface area contributed by atoms with Crippen LogP contribution < -0.4 is 0 Å². The van der Waals surface area contributed by atoms with E-state index in [1.165, 1.54) is 24.3 Å². The molecular weight excluding hydrogens is 245 g/mol. The third-order valence-corrected chi connectivity index (χ3v) is 2.49. The lowest BCUT2D eigenvalue weighted by Crippen LogP contribution is -1.87. The molecule has 0 radical (unpaired) electrons. The first-order valence-corrected chi connectivity index (χ1v) is 5.15. The molecule has 2 aromatic rings. The molecule has 0 unspecified atom stereocenters. The van der Waals surface area contributed by atoms with Crippen molar-refractivity contribution in [3.8, 4) is 11.1 Å². The summed E-state index contributed by atoms with van der Waals surface area (Å²) >= 11 is 5.73. The van der Waals surface area contributed by atoms with Crippen molar-refractivity contribution in [1.82, 2.24) is 0 Å². The molecule has 0 fully saturated rings. The third-order valence-electron chi connectivity index (χ3n) is 2.27. The minimum atomic E-state index is -0.484. The van der Waals surface area contributed by atoms with E-state index in [1.54, 1.807) is 18.2 Å². The summed E-state index contributed by atoms with van der Waals surface area (Å²) in [6.07, 6.45) is 0. The number of hydrogen-bond acceptors (Lipinski definition) is 2. The van der Waals surface area contributed by atoms with Crippen LogP contribution in [0, 0.1) is 15.9 Å². The van der Waals surface area contributed by atoms with Gasteiger partial charge in [-0.2, -0.15) is 0 Å². The smallest absolute Gasteiger partial charge is 0.258 e. The second-order valence-corrected chi connectivity index (χ2v) is 3.90. The Morgan fingerprint density at radius 2 is 1.71 bits per heavy atom. The lowest BCUT2D eigenvalue weighted by atomic mass is 10.1. The standard InChI is InChI=1S/C12H7ClFNO2/c13-10-5-9(6-11(14)7-10)8-1-3-12(4-2-8)15(16)17/h1-7H. The minimum absolute atomic E-state index is 0.00347. The molecule has 0 aliphatic rings. The quantitative estimate of drug-likeness (QED) is 0.597. The fraction of sp³-hybridized carbons (Fsp3) is 0. The van der Waals surface area contributed by atoms with Crippen molar-refractivity contribution in [2.75, 3.05) is 0 Å². The van der Waals surface area contributed by atoms with E-state index in [0.29, 0.717) is 16.1 Å².